The first-order valence-corrected chi connectivity index (χ1v) is 9.37. The molecule has 2 heterocycles. The van der Waals surface area contributed by atoms with E-state index in [4.69, 9.17) is 16.6 Å². The summed E-state index contributed by atoms with van der Waals surface area (Å²) in [6, 6.07) is 14.8. The second-order valence-electron chi connectivity index (χ2n) is 6.97. The van der Waals surface area contributed by atoms with Crippen LogP contribution in [0.15, 0.2) is 48.5 Å². The summed E-state index contributed by atoms with van der Waals surface area (Å²) in [5, 5.41) is 0.553. The zero-order valence-corrected chi connectivity index (χ0v) is 16.0. The molecule has 1 aliphatic rings. The molecule has 1 aromatic heterocycles. The van der Waals surface area contributed by atoms with Gasteiger partial charge in [-0.3, -0.25) is 9.59 Å². The van der Waals surface area contributed by atoms with Gasteiger partial charge < -0.3 is 9.47 Å². The Balaban J connectivity index is 1.77. The maximum atomic E-state index is 12.7. The van der Waals surface area contributed by atoms with Crippen LogP contribution in [0.4, 0.5) is 5.69 Å². The molecular formula is C21H20ClN3O2. The predicted molar refractivity (Wildman–Crippen MR) is 106 cm³/mol. The lowest BCUT2D eigenvalue weighted by atomic mass is 10.1. The third-order valence-corrected chi connectivity index (χ3v) is 5.55. The van der Waals surface area contributed by atoms with Gasteiger partial charge in [0.05, 0.1) is 27.8 Å². The Bertz CT molecular complexity index is 1040. The molecule has 27 heavy (non-hydrogen) atoms. The largest absolute Gasteiger partial charge is 0.317 e. The molecule has 0 aliphatic carbocycles. The highest BCUT2D eigenvalue weighted by molar-refractivity contribution is 6.33. The monoisotopic (exact) mass is 381 g/mol. The minimum Gasteiger partial charge on any atom is -0.317 e. The van der Waals surface area contributed by atoms with Crippen LogP contribution in [0.25, 0.3) is 11.0 Å². The van der Waals surface area contributed by atoms with Crippen molar-refractivity contribution in [2.45, 2.75) is 32.2 Å². The molecule has 2 unspecified atom stereocenters. The number of carbonyl (C=O) groups excluding carboxylic acids is 2. The average molecular weight is 382 g/mol. The van der Waals surface area contributed by atoms with Crippen LogP contribution in [0.2, 0.25) is 5.02 Å². The Kier molecular flexibility index (Phi) is 4.48. The van der Waals surface area contributed by atoms with Gasteiger partial charge >= 0.3 is 0 Å². The maximum absolute atomic E-state index is 12.7. The molecule has 0 radical (unpaired) electrons. The highest BCUT2D eigenvalue weighted by atomic mass is 35.5. The molecule has 1 aliphatic heterocycles. The van der Waals surface area contributed by atoms with Crippen molar-refractivity contribution in [2.75, 3.05) is 11.4 Å². The predicted octanol–water partition coefficient (Wildman–Crippen LogP) is 4.36. The van der Waals surface area contributed by atoms with Gasteiger partial charge in [-0.1, -0.05) is 35.9 Å². The quantitative estimate of drug-likeness (QED) is 0.674. The SMILES string of the molecule is CC(=O)C(C)n1c(C2CC(=O)N(c3ccccc3Cl)C2)nc2ccccc21. The van der Waals surface area contributed by atoms with E-state index in [0.717, 1.165) is 16.9 Å². The lowest BCUT2D eigenvalue weighted by Gasteiger charge is -2.20. The number of carbonyl (C=O) groups is 2. The van der Waals surface area contributed by atoms with Gasteiger partial charge in [-0.15, -0.1) is 0 Å². The molecule has 6 heteroatoms. The van der Waals surface area contributed by atoms with E-state index in [1.54, 1.807) is 17.9 Å². The summed E-state index contributed by atoms with van der Waals surface area (Å²) in [7, 11) is 0. The lowest BCUT2D eigenvalue weighted by Crippen LogP contribution is -2.25. The summed E-state index contributed by atoms with van der Waals surface area (Å²) >= 11 is 6.29. The normalized spacial score (nSPS) is 18.3. The highest BCUT2D eigenvalue weighted by Gasteiger charge is 2.36. The minimum atomic E-state index is -0.336. The molecule has 138 valence electrons. The number of anilines is 1. The van der Waals surface area contributed by atoms with Crippen LogP contribution in [0, 0.1) is 0 Å². The summed E-state index contributed by atoms with van der Waals surface area (Å²) in [4.78, 5) is 31.3. The van der Waals surface area contributed by atoms with Gasteiger partial charge in [0.2, 0.25) is 5.91 Å². The van der Waals surface area contributed by atoms with Crippen molar-refractivity contribution in [3.63, 3.8) is 0 Å². The zero-order chi connectivity index (χ0) is 19.1. The summed E-state index contributed by atoms with van der Waals surface area (Å²) in [5.74, 6) is 0.763. The minimum absolute atomic E-state index is 0.0159. The van der Waals surface area contributed by atoms with Gasteiger partial charge in [0, 0.05) is 18.9 Å². The first kappa shape index (κ1) is 17.7. The van der Waals surface area contributed by atoms with Gasteiger partial charge in [0.15, 0.2) is 5.78 Å². The molecule has 1 saturated heterocycles. The molecule has 4 rings (SSSR count). The highest BCUT2D eigenvalue weighted by Crippen LogP contribution is 2.37. The fraction of sp³-hybridized carbons (Fsp3) is 0.286. The van der Waals surface area contributed by atoms with Crippen molar-refractivity contribution in [1.82, 2.24) is 9.55 Å². The second-order valence-corrected chi connectivity index (χ2v) is 7.38. The standard InChI is InChI=1S/C21H20ClN3O2/c1-13(14(2)26)25-19-10-6-4-8-17(19)23-21(25)15-11-20(27)24(12-15)18-9-5-3-7-16(18)22/h3-10,13,15H,11-12H2,1-2H3. The van der Waals surface area contributed by atoms with Crippen LogP contribution in [0.3, 0.4) is 0 Å². The van der Waals surface area contributed by atoms with Crippen molar-refractivity contribution in [2.24, 2.45) is 0 Å². The van der Waals surface area contributed by atoms with E-state index in [1.807, 2.05) is 54.0 Å². The number of para-hydroxylation sites is 3. The van der Waals surface area contributed by atoms with Crippen LogP contribution < -0.4 is 4.90 Å². The molecule has 0 saturated carbocycles. The van der Waals surface area contributed by atoms with Gasteiger partial charge in [-0.2, -0.15) is 0 Å². The number of hydrogen-bond acceptors (Lipinski definition) is 3. The Morgan fingerprint density at radius 2 is 1.89 bits per heavy atom. The van der Waals surface area contributed by atoms with Crippen molar-refractivity contribution in [3.05, 3.63) is 59.4 Å². The Labute approximate surface area is 162 Å². The topological polar surface area (TPSA) is 55.2 Å². The lowest BCUT2D eigenvalue weighted by molar-refractivity contribution is -0.119. The Morgan fingerprint density at radius 3 is 2.63 bits per heavy atom. The van der Waals surface area contributed by atoms with Crippen LogP contribution >= 0.6 is 11.6 Å². The van der Waals surface area contributed by atoms with Crippen LogP contribution in [-0.2, 0) is 9.59 Å². The molecule has 2 aromatic carbocycles. The van der Waals surface area contributed by atoms with Gasteiger partial charge in [-0.25, -0.2) is 4.98 Å². The summed E-state index contributed by atoms with van der Waals surface area (Å²) in [6.45, 7) is 3.96. The molecule has 0 N–H and O–H groups in total. The number of nitrogens with zero attached hydrogens (tertiary/aromatic N) is 3. The van der Waals surface area contributed by atoms with Gasteiger partial charge in [0.25, 0.3) is 0 Å². The molecule has 0 bridgehead atoms. The maximum Gasteiger partial charge on any atom is 0.227 e. The molecule has 2 atom stereocenters. The van der Waals surface area contributed by atoms with Crippen molar-refractivity contribution >= 4 is 40.0 Å². The van der Waals surface area contributed by atoms with Crippen LogP contribution in [-0.4, -0.2) is 27.8 Å². The van der Waals surface area contributed by atoms with Crippen LogP contribution in [0.1, 0.15) is 38.1 Å². The fourth-order valence-electron chi connectivity index (χ4n) is 3.72. The van der Waals surface area contributed by atoms with Crippen molar-refractivity contribution in [1.29, 1.82) is 0 Å². The van der Waals surface area contributed by atoms with Crippen molar-refractivity contribution in [3.8, 4) is 0 Å². The van der Waals surface area contributed by atoms with E-state index >= 15 is 0 Å². The van der Waals surface area contributed by atoms with Gasteiger partial charge in [0.1, 0.15) is 5.82 Å². The summed E-state index contributed by atoms with van der Waals surface area (Å²) in [5.41, 5.74) is 2.47. The molecule has 5 nitrogen and oxygen atoms in total. The number of benzene rings is 2. The van der Waals surface area contributed by atoms with E-state index in [0.29, 0.717) is 23.7 Å². The molecule has 1 amide bonds. The third kappa shape index (κ3) is 3.02. The average Bonchev–Trinajstić information content (AvgIpc) is 3.22. The smallest absolute Gasteiger partial charge is 0.227 e. The van der Waals surface area contributed by atoms with Crippen molar-refractivity contribution < 1.29 is 9.59 Å². The van der Waals surface area contributed by atoms with E-state index in [-0.39, 0.29) is 23.7 Å². The Morgan fingerprint density at radius 1 is 1.19 bits per heavy atom. The number of fused-ring (bicyclic) bond motifs is 1. The number of rotatable bonds is 4. The number of aromatic nitrogens is 2. The molecular weight excluding hydrogens is 362 g/mol. The van der Waals surface area contributed by atoms with Gasteiger partial charge in [-0.05, 0) is 38.1 Å². The first-order chi connectivity index (χ1) is 13.0. The number of ketones is 1. The number of imidazole rings is 1. The molecule has 1 fully saturated rings. The van der Waals surface area contributed by atoms with E-state index in [9.17, 15) is 9.59 Å². The number of amides is 1. The first-order valence-electron chi connectivity index (χ1n) is 8.99. The summed E-state index contributed by atoms with van der Waals surface area (Å²) < 4.78 is 1.98. The van der Waals surface area contributed by atoms with Crippen LogP contribution in [0.5, 0.6) is 0 Å². The van der Waals surface area contributed by atoms with E-state index in [2.05, 4.69) is 0 Å². The molecule has 0 spiro atoms. The van der Waals surface area contributed by atoms with E-state index in [1.165, 1.54) is 0 Å². The number of Topliss-reactive ketones (excluding diaryl/α,β-unsaturated/α-hetero) is 1. The second kappa shape index (κ2) is 6.82. The fourth-order valence-corrected chi connectivity index (χ4v) is 3.96. The van der Waals surface area contributed by atoms with E-state index < -0.39 is 0 Å². The number of hydrogen-bond donors (Lipinski definition) is 0. The molecule has 3 aromatic rings. The number of halogens is 1. The third-order valence-electron chi connectivity index (χ3n) is 5.23. The summed E-state index contributed by atoms with van der Waals surface area (Å²) in [6.07, 6.45) is 0.346. The Hall–Kier alpha value is -2.66. The zero-order valence-electron chi connectivity index (χ0n) is 15.2.